The Morgan fingerprint density at radius 2 is 2.14 bits per heavy atom. The molecular weight excluding hydrogens is 287 g/mol. The van der Waals surface area contributed by atoms with E-state index in [4.69, 9.17) is 0 Å². The van der Waals surface area contributed by atoms with E-state index in [-0.39, 0.29) is 23.8 Å². The molecule has 3 nitrogen and oxygen atoms in total. The van der Waals surface area contributed by atoms with Crippen LogP contribution in [0.5, 0.6) is 0 Å². The van der Waals surface area contributed by atoms with E-state index in [9.17, 15) is 9.18 Å². The average Bonchev–Trinajstić information content (AvgIpc) is 3.19. The first-order valence-electron chi connectivity index (χ1n) is 7.06. The minimum Gasteiger partial charge on any atom is -0.343 e. The molecule has 0 saturated carbocycles. The van der Waals surface area contributed by atoms with Crippen molar-refractivity contribution in [1.29, 1.82) is 0 Å². The van der Waals surface area contributed by atoms with Crippen LogP contribution in [0, 0.1) is 5.82 Å². The number of thiophene rings is 1. The fourth-order valence-electron chi connectivity index (χ4n) is 2.58. The summed E-state index contributed by atoms with van der Waals surface area (Å²) in [6.45, 7) is 0.887. The van der Waals surface area contributed by atoms with Crippen molar-refractivity contribution in [2.75, 3.05) is 6.54 Å². The van der Waals surface area contributed by atoms with E-state index in [2.05, 4.69) is 10.6 Å². The van der Waals surface area contributed by atoms with Gasteiger partial charge in [0.15, 0.2) is 0 Å². The molecule has 0 radical (unpaired) electrons. The highest BCUT2D eigenvalue weighted by Gasteiger charge is 2.25. The fraction of sp³-hybridized carbons (Fsp3) is 0.312. The molecule has 1 aliphatic rings. The van der Waals surface area contributed by atoms with Crippen molar-refractivity contribution in [3.8, 4) is 0 Å². The second-order valence-electron chi connectivity index (χ2n) is 5.16. The van der Waals surface area contributed by atoms with Gasteiger partial charge < -0.3 is 10.6 Å². The van der Waals surface area contributed by atoms with Crippen molar-refractivity contribution in [2.45, 2.75) is 24.9 Å². The zero-order chi connectivity index (χ0) is 14.7. The van der Waals surface area contributed by atoms with Gasteiger partial charge in [-0.3, -0.25) is 4.79 Å². The molecule has 3 rings (SSSR count). The summed E-state index contributed by atoms with van der Waals surface area (Å²) >= 11 is 1.59. The number of nitrogens with one attached hydrogen (secondary N) is 2. The first-order valence-corrected chi connectivity index (χ1v) is 7.94. The van der Waals surface area contributed by atoms with Crippen LogP contribution in [0.2, 0.25) is 0 Å². The van der Waals surface area contributed by atoms with Crippen LogP contribution in [0.1, 0.15) is 29.3 Å². The highest BCUT2D eigenvalue weighted by molar-refractivity contribution is 7.10. The number of halogens is 1. The second-order valence-corrected chi connectivity index (χ2v) is 6.14. The van der Waals surface area contributed by atoms with Gasteiger partial charge in [0.05, 0.1) is 12.1 Å². The SMILES string of the molecule is O=C(NC(c1ccc(F)cc1)c1cccs1)[C@@H]1CCCN1. The Labute approximate surface area is 127 Å². The number of carbonyl (C=O) groups excluding carboxylic acids is 1. The van der Waals surface area contributed by atoms with Gasteiger partial charge in [0.2, 0.25) is 5.91 Å². The highest BCUT2D eigenvalue weighted by atomic mass is 32.1. The molecule has 1 aromatic heterocycles. The lowest BCUT2D eigenvalue weighted by Gasteiger charge is -2.20. The molecule has 5 heteroatoms. The Bertz CT molecular complexity index is 591. The Hall–Kier alpha value is -1.72. The molecule has 21 heavy (non-hydrogen) atoms. The van der Waals surface area contributed by atoms with Crippen LogP contribution >= 0.6 is 11.3 Å². The van der Waals surface area contributed by atoms with Crippen LogP contribution in [-0.4, -0.2) is 18.5 Å². The van der Waals surface area contributed by atoms with Crippen LogP contribution < -0.4 is 10.6 Å². The Balaban J connectivity index is 1.82. The van der Waals surface area contributed by atoms with Crippen LogP contribution in [0.25, 0.3) is 0 Å². The molecule has 2 aromatic rings. The zero-order valence-corrected chi connectivity index (χ0v) is 12.3. The molecule has 1 unspecified atom stereocenters. The third-order valence-corrected chi connectivity index (χ3v) is 4.63. The van der Waals surface area contributed by atoms with E-state index in [1.165, 1.54) is 12.1 Å². The molecule has 110 valence electrons. The van der Waals surface area contributed by atoms with E-state index >= 15 is 0 Å². The zero-order valence-electron chi connectivity index (χ0n) is 11.5. The van der Waals surface area contributed by atoms with E-state index < -0.39 is 0 Å². The van der Waals surface area contributed by atoms with Crippen molar-refractivity contribution in [3.05, 3.63) is 58.0 Å². The summed E-state index contributed by atoms with van der Waals surface area (Å²) in [6, 6.07) is 9.90. The van der Waals surface area contributed by atoms with Crippen molar-refractivity contribution in [1.82, 2.24) is 10.6 Å². The predicted octanol–water partition coefficient (Wildman–Crippen LogP) is 2.84. The van der Waals surface area contributed by atoms with E-state index in [0.29, 0.717) is 0 Å². The first kappa shape index (κ1) is 14.2. The summed E-state index contributed by atoms with van der Waals surface area (Å²) in [5, 5.41) is 8.26. The minimum atomic E-state index is -0.271. The maximum atomic E-state index is 13.1. The second kappa shape index (κ2) is 6.37. The summed E-state index contributed by atoms with van der Waals surface area (Å²) in [7, 11) is 0. The van der Waals surface area contributed by atoms with Gasteiger partial charge in [0.25, 0.3) is 0 Å². The minimum absolute atomic E-state index is 0.00947. The van der Waals surface area contributed by atoms with Gasteiger partial charge in [0.1, 0.15) is 5.82 Å². The van der Waals surface area contributed by atoms with Crippen LogP contribution in [0.4, 0.5) is 4.39 Å². The normalized spacial score (nSPS) is 19.4. The molecule has 1 fully saturated rings. The topological polar surface area (TPSA) is 41.1 Å². The monoisotopic (exact) mass is 304 g/mol. The molecule has 2 atom stereocenters. The quantitative estimate of drug-likeness (QED) is 0.912. The number of carbonyl (C=O) groups is 1. The van der Waals surface area contributed by atoms with E-state index in [1.54, 1.807) is 23.5 Å². The molecule has 1 aliphatic heterocycles. The molecule has 2 heterocycles. The molecule has 0 spiro atoms. The number of benzene rings is 1. The summed E-state index contributed by atoms with van der Waals surface area (Å²) < 4.78 is 13.1. The molecule has 2 N–H and O–H groups in total. The van der Waals surface area contributed by atoms with Gasteiger partial charge in [-0.15, -0.1) is 11.3 Å². The third kappa shape index (κ3) is 3.31. The first-order chi connectivity index (χ1) is 10.2. The maximum Gasteiger partial charge on any atom is 0.237 e. The largest absolute Gasteiger partial charge is 0.343 e. The molecule has 0 bridgehead atoms. The van der Waals surface area contributed by atoms with Crippen LogP contribution in [0.15, 0.2) is 41.8 Å². The van der Waals surface area contributed by atoms with Gasteiger partial charge in [-0.25, -0.2) is 4.39 Å². The van der Waals surface area contributed by atoms with Crippen molar-refractivity contribution < 1.29 is 9.18 Å². The number of rotatable bonds is 4. The standard InChI is InChI=1S/C16H17FN2OS/c17-12-7-5-11(6-8-12)15(14-4-2-10-21-14)19-16(20)13-3-1-9-18-13/h2,4-8,10,13,15,18H,1,3,9H2,(H,19,20)/t13-,15?/m0/s1. The van der Waals surface area contributed by atoms with Gasteiger partial charge in [-0.1, -0.05) is 18.2 Å². The molecule has 0 aliphatic carbocycles. The van der Waals surface area contributed by atoms with Gasteiger partial charge in [-0.05, 0) is 48.5 Å². The summed E-state index contributed by atoms with van der Waals surface area (Å²) in [6.07, 6.45) is 1.89. The lowest BCUT2D eigenvalue weighted by Crippen LogP contribution is -2.42. The number of hydrogen-bond donors (Lipinski definition) is 2. The molecule has 1 aromatic carbocycles. The predicted molar refractivity (Wildman–Crippen MR) is 81.7 cm³/mol. The van der Waals surface area contributed by atoms with Crippen molar-refractivity contribution in [3.63, 3.8) is 0 Å². The summed E-state index contributed by atoms with van der Waals surface area (Å²) in [5.74, 6) is -0.261. The summed E-state index contributed by atoms with van der Waals surface area (Å²) in [5.41, 5.74) is 0.894. The number of hydrogen-bond acceptors (Lipinski definition) is 3. The number of amides is 1. The van der Waals surface area contributed by atoms with Crippen molar-refractivity contribution in [2.24, 2.45) is 0 Å². The van der Waals surface area contributed by atoms with E-state index in [1.807, 2.05) is 17.5 Å². The third-order valence-electron chi connectivity index (χ3n) is 3.69. The van der Waals surface area contributed by atoms with Gasteiger partial charge in [-0.2, -0.15) is 0 Å². The Morgan fingerprint density at radius 1 is 1.33 bits per heavy atom. The highest BCUT2D eigenvalue weighted by Crippen LogP contribution is 2.26. The van der Waals surface area contributed by atoms with Crippen LogP contribution in [0.3, 0.4) is 0 Å². The molecule has 1 amide bonds. The molecular formula is C16H17FN2OS. The van der Waals surface area contributed by atoms with Gasteiger partial charge >= 0.3 is 0 Å². The smallest absolute Gasteiger partial charge is 0.237 e. The van der Waals surface area contributed by atoms with Gasteiger partial charge in [0, 0.05) is 4.88 Å². The molecule has 1 saturated heterocycles. The fourth-order valence-corrected chi connectivity index (χ4v) is 3.38. The lowest BCUT2D eigenvalue weighted by molar-refractivity contribution is -0.123. The maximum absolute atomic E-state index is 13.1. The Kier molecular flexibility index (Phi) is 4.31. The van der Waals surface area contributed by atoms with E-state index in [0.717, 1.165) is 29.8 Å². The Morgan fingerprint density at radius 3 is 2.76 bits per heavy atom. The van der Waals surface area contributed by atoms with Crippen LogP contribution in [-0.2, 0) is 4.79 Å². The lowest BCUT2D eigenvalue weighted by atomic mass is 10.0. The summed E-state index contributed by atoms with van der Waals surface area (Å²) in [4.78, 5) is 13.4. The van der Waals surface area contributed by atoms with Crippen molar-refractivity contribution >= 4 is 17.2 Å². The average molecular weight is 304 g/mol.